The van der Waals surface area contributed by atoms with Gasteiger partial charge in [0, 0.05) is 26.4 Å². The summed E-state index contributed by atoms with van der Waals surface area (Å²) in [5.74, 6) is -1.04. The van der Waals surface area contributed by atoms with Crippen molar-refractivity contribution < 1.29 is 13.9 Å². The van der Waals surface area contributed by atoms with Crippen molar-refractivity contribution in [3.05, 3.63) is 29.8 Å². The normalized spacial score (nSPS) is 16.3. The number of pyridine rings is 1. The molecule has 0 atom stereocenters. The monoisotopic (exact) mass is 210 g/mol. The fraction of sp³-hybridized carbons (Fsp3) is 0.400. The number of methoxy groups -OCH3 is 1. The molecule has 1 amide bonds. The minimum Gasteiger partial charge on any atom is -0.378 e. The van der Waals surface area contributed by atoms with Gasteiger partial charge in [-0.05, 0) is 12.1 Å². The fourth-order valence-electron chi connectivity index (χ4n) is 1.47. The SMILES string of the molecule is COC1CN(C(=O)c2cccnc2F)C1. The van der Waals surface area contributed by atoms with Gasteiger partial charge in [0.05, 0.1) is 11.7 Å². The predicted molar refractivity (Wildman–Crippen MR) is 50.9 cm³/mol. The minimum atomic E-state index is -0.719. The van der Waals surface area contributed by atoms with E-state index in [-0.39, 0.29) is 17.6 Å². The molecule has 4 nitrogen and oxygen atoms in total. The van der Waals surface area contributed by atoms with Crippen molar-refractivity contribution in [2.75, 3.05) is 20.2 Å². The molecule has 0 N–H and O–H groups in total. The molecule has 1 aromatic heterocycles. The molecule has 1 fully saturated rings. The molecule has 1 aliphatic heterocycles. The highest BCUT2D eigenvalue weighted by molar-refractivity contribution is 5.94. The van der Waals surface area contributed by atoms with Crippen LogP contribution in [0.4, 0.5) is 4.39 Å². The van der Waals surface area contributed by atoms with E-state index in [1.807, 2.05) is 0 Å². The standard InChI is InChI=1S/C10H11FN2O2/c1-15-7-5-13(6-7)10(14)8-3-2-4-12-9(8)11/h2-4,7H,5-6H2,1H3. The topological polar surface area (TPSA) is 42.4 Å². The number of aromatic nitrogens is 1. The molecule has 5 heteroatoms. The van der Waals surface area contributed by atoms with Gasteiger partial charge >= 0.3 is 0 Å². The number of ether oxygens (including phenoxy) is 1. The molecule has 0 aromatic carbocycles. The number of hydrogen-bond donors (Lipinski definition) is 0. The Labute approximate surface area is 86.7 Å². The Balaban J connectivity index is 2.07. The van der Waals surface area contributed by atoms with Gasteiger partial charge in [0.15, 0.2) is 0 Å². The third kappa shape index (κ3) is 1.83. The molecule has 1 saturated heterocycles. The molecule has 0 radical (unpaired) electrons. The largest absolute Gasteiger partial charge is 0.378 e. The van der Waals surface area contributed by atoms with Crippen molar-refractivity contribution >= 4 is 5.91 Å². The summed E-state index contributed by atoms with van der Waals surface area (Å²) in [7, 11) is 1.59. The summed E-state index contributed by atoms with van der Waals surface area (Å²) >= 11 is 0. The van der Waals surface area contributed by atoms with Crippen molar-refractivity contribution in [1.82, 2.24) is 9.88 Å². The van der Waals surface area contributed by atoms with E-state index in [9.17, 15) is 9.18 Å². The van der Waals surface area contributed by atoms with Crippen LogP contribution in [-0.2, 0) is 4.74 Å². The van der Waals surface area contributed by atoms with Crippen molar-refractivity contribution in [3.63, 3.8) is 0 Å². The molecular formula is C10H11FN2O2. The van der Waals surface area contributed by atoms with E-state index in [4.69, 9.17) is 4.74 Å². The highest BCUT2D eigenvalue weighted by atomic mass is 19.1. The van der Waals surface area contributed by atoms with Crippen LogP contribution >= 0.6 is 0 Å². The zero-order chi connectivity index (χ0) is 10.8. The van der Waals surface area contributed by atoms with Gasteiger partial charge in [-0.1, -0.05) is 0 Å². The van der Waals surface area contributed by atoms with Crippen LogP contribution in [0, 0.1) is 5.95 Å². The first kappa shape index (κ1) is 10.0. The molecule has 0 spiro atoms. The Bertz CT molecular complexity index is 377. The van der Waals surface area contributed by atoms with Crippen molar-refractivity contribution in [2.24, 2.45) is 0 Å². The van der Waals surface area contributed by atoms with Gasteiger partial charge in [-0.3, -0.25) is 4.79 Å². The Morgan fingerprint density at radius 2 is 2.40 bits per heavy atom. The summed E-state index contributed by atoms with van der Waals surface area (Å²) in [6, 6.07) is 2.98. The summed E-state index contributed by atoms with van der Waals surface area (Å²) in [6.07, 6.45) is 1.40. The number of nitrogens with zero attached hydrogens (tertiary/aromatic N) is 2. The summed E-state index contributed by atoms with van der Waals surface area (Å²) in [6.45, 7) is 1.04. The Morgan fingerprint density at radius 1 is 1.67 bits per heavy atom. The van der Waals surface area contributed by atoms with E-state index >= 15 is 0 Å². The summed E-state index contributed by atoms with van der Waals surface area (Å²) in [5.41, 5.74) is 0.0204. The number of amides is 1. The molecule has 15 heavy (non-hydrogen) atoms. The average molecular weight is 210 g/mol. The number of carbonyl (C=O) groups is 1. The third-order valence-corrected chi connectivity index (χ3v) is 2.46. The lowest BCUT2D eigenvalue weighted by molar-refractivity contribution is -0.0194. The number of likely N-dealkylation sites (tertiary alicyclic amines) is 1. The van der Waals surface area contributed by atoms with Crippen molar-refractivity contribution in [2.45, 2.75) is 6.10 Å². The number of carbonyl (C=O) groups excluding carboxylic acids is 1. The van der Waals surface area contributed by atoms with Crippen LogP contribution in [0.25, 0.3) is 0 Å². The van der Waals surface area contributed by atoms with Gasteiger partial charge in [0.1, 0.15) is 0 Å². The van der Waals surface area contributed by atoms with Crippen LogP contribution < -0.4 is 0 Å². The van der Waals surface area contributed by atoms with Crippen LogP contribution in [0.3, 0.4) is 0 Å². The van der Waals surface area contributed by atoms with Crippen molar-refractivity contribution in [3.8, 4) is 0 Å². The molecular weight excluding hydrogens is 199 g/mol. The second-order valence-electron chi connectivity index (χ2n) is 3.41. The van der Waals surface area contributed by atoms with Gasteiger partial charge in [-0.2, -0.15) is 4.39 Å². The molecule has 0 unspecified atom stereocenters. The first-order chi connectivity index (χ1) is 7.22. The molecule has 1 aliphatic rings. The molecule has 1 aromatic rings. The molecule has 2 heterocycles. The van der Waals surface area contributed by atoms with Crippen molar-refractivity contribution in [1.29, 1.82) is 0 Å². The van der Waals surface area contributed by atoms with E-state index in [2.05, 4.69) is 4.98 Å². The van der Waals surface area contributed by atoms with Crippen LogP contribution in [0.1, 0.15) is 10.4 Å². The average Bonchev–Trinajstić information content (AvgIpc) is 2.16. The maximum absolute atomic E-state index is 13.1. The lowest BCUT2D eigenvalue weighted by atomic mass is 10.1. The quantitative estimate of drug-likeness (QED) is 0.674. The number of rotatable bonds is 2. The predicted octanol–water partition coefficient (Wildman–Crippen LogP) is 0.692. The minimum absolute atomic E-state index is 0.0204. The molecule has 0 aliphatic carbocycles. The molecule has 0 bridgehead atoms. The van der Waals surface area contributed by atoms with Gasteiger partial charge in [0.25, 0.3) is 5.91 Å². The molecule has 80 valence electrons. The molecule has 0 saturated carbocycles. The Morgan fingerprint density at radius 3 is 3.00 bits per heavy atom. The third-order valence-electron chi connectivity index (χ3n) is 2.46. The first-order valence-electron chi connectivity index (χ1n) is 4.65. The number of hydrogen-bond acceptors (Lipinski definition) is 3. The highest BCUT2D eigenvalue weighted by Gasteiger charge is 2.32. The summed E-state index contributed by atoms with van der Waals surface area (Å²) in [5, 5.41) is 0. The van der Waals surface area contributed by atoms with Gasteiger partial charge in [-0.15, -0.1) is 0 Å². The van der Waals surface area contributed by atoms with E-state index in [0.717, 1.165) is 0 Å². The maximum atomic E-state index is 13.1. The zero-order valence-corrected chi connectivity index (χ0v) is 8.31. The Hall–Kier alpha value is -1.49. The second-order valence-corrected chi connectivity index (χ2v) is 3.41. The maximum Gasteiger partial charge on any atom is 0.258 e. The molecule has 2 rings (SSSR count). The zero-order valence-electron chi connectivity index (χ0n) is 8.31. The lowest BCUT2D eigenvalue weighted by Crippen LogP contribution is -2.54. The fourth-order valence-corrected chi connectivity index (χ4v) is 1.47. The first-order valence-corrected chi connectivity index (χ1v) is 4.65. The van der Waals surface area contributed by atoms with E-state index in [1.165, 1.54) is 17.2 Å². The second kappa shape index (κ2) is 3.94. The van der Waals surface area contributed by atoms with Gasteiger partial charge in [-0.25, -0.2) is 4.98 Å². The van der Waals surface area contributed by atoms with E-state index in [0.29, 0.717) is 13.1 Å². The van der Waals surface area contributed by atoms with Crippen LogP contribution in [-0.4, -0.2) is 42.1 Å². The van der Waals surface area contributed by atoms with E-state index in [1.54, 1.807) is 13.2 Å². The van der Waals surface area contributed by atoms with Crippen LogP contribution in [0.15, 0.2) is 18.3 Å². The van der Waals surface area contributed by atoms with Gasteiger partial charge < -0.3 is 9.64 Å². The summed E-state index contributed by atoms with van der Waals surface area (Å²) < 4.78 is 18.2. The summed E-state index contributed by atoms with van der Waals surface area (Å²) in [4.78, 5) is 16.7. The Kier molecular flexibility index (Phi) is 2.64. The van der Waals surface area contributed by atoms with Crippen LogP contribution in [0.2, 0.25) is 0 Å². The number of halogens is 1. The van der Waals surface area contributed by atoms with Gasteiger partial charge in [0.2, 0.25) is 5.95 Å². The highest BCUT2D eigenvalue weighted by Crippen LogP contribution is 2.16. The lowest BCUT2D eigenvalue weighted by Gasteiger charge is -2.38. The smallest absolute Gasteiger partial charge is 0.258 e. The van der Waals surface area contributed by atoms with E-state index < -0.39 is 5.95 Å². The van der Waals surface area contributed by atoms with Crippen LogP contribution in [0.5, 0.6) is 0 Å².